The van der Waals surface area contributed by atoms with Gasteiger partial charge in [0.25, 0.3) is 0 Å². The monoisotopic (exact) mass is 160 g/mol. The van der Waals surface area contributed by atoms with E-state index in [1.807, 2.05) is 12.2 Å². The van der Waals surface area contributed by atoms with E-state index < -0.39 is 0 Å². The van der Waals surface area contributed by atoms with Gasteiger partial charge >= 0.3 is 0 Å². The van der Waals surface area contributed by atoms with E-state index in [9.17, 15) is 4.79 Å². The summed E-state index contributed by atoms with van der Waals surface area (Å²) in [6, 6.07) is 6.53. The fourth-order valence-corrected chi connectivity index (χ4v) is 1.15. The lowest BCUT2D eigenvalue weighted by atomic mass is 10.2. The predicted molar refractivity (Wildman–Crippen MR) is 47.2 cm³/mol. The summed E-state index contributed by atoms with van der Waals surface area (Å²) in [7, 11) is 0. The van der Waals surface area contributed by atoms with Crippen LogP contribution in [0.1, 0.15) is 5.56 Å². The van der Waals surface area contributed by atoms with Crippen molar-refractivity contribution in [3.63, 3.8) is 0 Å². The molecule has 0 atom stereocenters. The molecular formula is C10H8O2. The standard InChI is InChI=1S/C10H8O2/c11-9-4-3-8-2-1-7-12-10(8)6-5-9/h1-6H,7H2. The van der Waals surface area contributed by atoms with Crippen molar-refractivity contribution in [3.05, 3.63) is 46.1 Å². The summed E-state index contributed by atoms with van der Waals surface area (Å²) < 4.78 is 5.31. The lowest BCUT2D eigenvalue weighted by Crippen LogP contribution is -1.97. The number of hydrogen-bond acceptors (Lipinski definition) is 2. The largest absolute Gasteiger partial charge is 0.489 e. The zero-order valence-electron chi connectivity index (χ0n) is 6.49. The zero-order valence-corrected chi connectivity index (χ0v) is 6.49. The quantitative estimate of drug-likeness (QED) is 0.574. The highest BCUT2D eigenvalue weighted by Crippen LogP contribution is 2.20. The first-order valence-corrected chi connectivity index (χ1v) is 3.80. The SMILES string of the molecule is O=c1ccc2c(cc1)OCC=C2. The second-order valence-electron chi connectivity index (χ2n) is 2.60. The van der Waals surface area contributed by atoms with Crippen LogP contribution in [-0.4, -0.2) is 6.61 Å². The van der Waals surface area contributed by atoms with Gasteiger partial charge in [-0.3, -0.25) is 4.79 Å². The van der Waals surface area contributed by atoms with Crippen LogP contribution >= 0.6 is 0 Å². The summed E-state index contributed by atoms with van der Waals surface area (Å²) in [5.74, 6) is 0.777. The van der Waals surface area contributed by atoms with Crippen LogP contribution in [0.4, 0.5) is 0 Å². The Balaban J connectivity index is 2.66. The normalized spacial score (nSPS) is 13.3. The van der Waals surface area contributed by atoms with Crippen molar-refractivity contribution >= 4 is 6.08 Å². The highest BCUT2D eigenvalue weighted by atomic mass is 16.5. The summed E-state index contributed by atoms with van der Waals surface area (Å²) in [4.78, 5) is 10.9. The molecule has 1 aromatic carbocycles. The molecule has 0 N–H and O–H groups in total. The molecule has 1 aromatic rings. The third-order valence-corrected chi connectivity index (χ3v) is 1.74. The Kier molecular flexibility index (Phi) is 1.67. The van der Waals surface area contributed by atoms with Gasteiger partial charge in [-0.2, -0.15) is 0 Å². The van der Waals surface area contributed by atoms with Crippen LogP contribution in [-0.2, 0) is 0 Å². The maximum Gasteiger partial charge on any atom is 0.178 e. The van der Waals surface area contributed by atoms with Crippen LogP contribution in [0.5, 0.6) is 5.75 Å². The molecular weight excluding hydrogens is 152 g/mol. The number of ether oxygens (including phenoxy) is 1. The van der Waals surface area contributed by atoms with Crippen LogP contribution in [0.25, 0.3) is 6.08 Å². The van der Waals surface area contributed by atoms with Crippen LogP contribution < -0.4 is 10.2 Å². The molecule has 0 unspecified atom stereocenters. The van der Waals surface area contributed by atoms with Gasteiger partial charge in [0.15, 0.2) is 5.43 Å². The first-order valence-electron chi connectivity index (χ1n) is 3.80. The molecule has 0 bridgehead atoms. The molecule has 2 rings (SSSR count). The van der Waals surface area contributed by atoms with Crippen molar-refractivity contribution in [3.8, 4) is 5.75 Å². The Labute approximate surface area is 70.1 Å². The summed E-state index contributed by atoms with van der Waals surface area (Å²) in [6.45, 7) is 0.588. The van der Waals surface area contributed by atoms with E-state index in [0.717, 1.165) is 11.3 Å². The molecule has 0 saturated carbocycles. The Hall–Kier alpha value is -1.57. The maximum absolute atomic E-state index is 10.9. The van der Waals surface area contributed by atoms with Gasteiger partial charge in [0.05, 0.1) is 0 Å². The minimum absolute atomic E-state index is 0.00130. The second-order valence-corrected chi connectivity index (χ2v) is 2.60. The van der Waals surface area contributed by atoms with Crippen LogP contribution in [0.15, 0.2) is 35.1 Å². The molecule has 0 spiro atoms. The van der Waals surface area contributed by atoms with Gasteiger partial charge < -0.3 is 4.74 Å². The minimum atomic E-state index is 0.00130. The molecule has 0 fully saturated rings. The zero-order chi connectivity index (χ0) is 8.39. The number of fused-ring (bicyclic) bond motifs is 1. The molecule has 0 aromatic heterocycles. The smallest absolute Gasteiger partial charge is 0.178 e. The Morgan fingerprint density at radius 2 is 2.00 bits per heavy atom. The molecule has 1 aliphatic heterocycles. The van der Waals surface area contributed by atoms with E-state index in [1.165, 1.54) is 12.1 Å². The highest BCUT2D eigenvalue weighted by Gasteiger charge is 2.01. The first-order chi connectivity index (χ1) is 5.86. The Morgan fingerprint density at radius 3 is 2.92 bits per heavy atom. The topological polar surface area (TPSA) is 26.3 Å². The molecule has 0 saturated heterocycles. The van der Waals surface area contributed by atoms with Gasteiger partial charge in [0, 0.05) is 5.56 Å². The van der Waals surface area contributed by atoms with E-state index >= 15 is 0 Å². The fourth-order valence-electron chi connectivity index (χ4n) is 1.15. The molecule has 0 radical (unpaired) electrons. The molecule has 1 heterocycles. The van der Waals surface area contributed by atoms with Crippen molar-refractivity contribution in [2.45, 2.75) is 0 Å². The second kappa shape index (κ2) is 2.81. The van der Waals surface area contributed by atoms with Crippen LogP contribution in [0, 0.1) is 0 Å². The van der Waals surface area contributed by atoms with Crippen LogP contribution in [0.2, 0.25) is 0 Å². The van der Waals surface area contributed by atoms with Gasteiger partial charge in [0.2, 0.25) is 0 Å². The third kappa shape index (κ3) is 1.23. The average molecular weight is 160 g/mol. The minimum Gasteiger partial charge on any atom is -0.489 e. The molecule has 2 heteroatoms. The third-order valence-electron chi connectivity index (χ3n) is 1.74. The van der Waals surface area contributed by atoms with E-state index in [4.69, 9.17) is 4.74 Å². The van der Waals surface area contributed by atoms with E-state index in [1.54, 1.807) is 12.1 Å². The van der Waals surface area contributed by atoms with Crippen molar-refractivity contribution in [2.75, 3.05) is 6.61 Å². The van der Waals surface area contributed by atoms with E-state index in [0.29, 0.717) is 6.61 Å². The molecule has 1 aliphatic rings. The van der Waals surface area contributed by atoms with Crippen molar-refractivity contribution < 1.29 is 4.74 Å². The molecule has 12 heavy (non-hydrogen) atoms. The molecule has 0 aliphatic carbocycles. The Bertz CT molecular complexity index is 380. The van der Waals surface area contributed by atoms with E-state index in [2.05, 4.69) is 0 Å². The lowest BCUT2D eigenvalue weighted by Gasteiger charge is -2.08. The van der Waals surface area contributed by atoms with E-state index in [-0.39, 0.29) is 5.43 Å². The number of rotatable bonds is 0. The molecule has 0 amide bonds. The van der Waals surface area contributed by atoms with Crippen molar-refractivity contribution in [1.29, 1.82) is 0 Å². The van der Waals surface area contributed by atoms with Gasteiger partial charge in [-0.25, -0.2) is 0 Å². The highest BCUT2D eigenvalue weighted by molar-refractivity contribution is 5.58. The molecule has 2 nitrogen and oxygen atoms in total. The summed E-state index contributed by atoms with van der Waals surface area (Å²) in [6.07, 6.45) is 3.88. The van der Waals surface area contributed by atoms with Crippen molar-refractivity contribution in [1.82, 2.24) is 0 Å². The average Bonchev–Trinajstić information content (AvgIpc) is 2.29. The Morgan fingerprint density at radius 1 is 1.17 bits per heavy atom. The fraction of sp³-hybridized carbons (Fsp3) is 0.100. The maximum atomic E-state index is 10.9. The predicted octanol–water partition coefficient (Wildman–Crippen LogP) is 1.45. The summed E-state index contributed by atoms with van der Waals surface area (Å²) in [5, 5.41) is 0. The van der Waals surface area contributed by atoms with Crippen LogP contribution in [0.3, 0.4) is 0 Å². The number of hydrogen-bond donors (Lipinski definition) is 0. The first kappa shape index (κ1) is 7.10. The molecule has 60 valence electrons. The van der Waals surface area contributed by atoms with Crippen molar-refractivity contribution in [2.24, 2.45) is 0 Å². The lowest BCUT2D eigenvalue weighted by molar-refractivity contribution is 0.359. The van der Waals surface area contributed by atoms with Gasteiger partial charge in [0.1, 0.15) is 12.4 Å². The summed E-state index contributed by atoms with van der Waals surface area (Å²) in [5.41, 5.74) is 0.963. The summed E-state index contributed by atoms with van der Waals surface area (Å²) >= 11 is 0. The van der Waals surface area contributed by atoms with Gasteiger partial charge in [-0.05, 0) is 30.3 Å². The van der Waals surface area contributed by atoms with Gasteiger partial charge in [-0.15, -0.1) is 0 Å². The van der Waals surface area contributed by atoms with Gasteiger partial charge in [-0.1, -0.05) is 6.08 Å².